The van der Waals surface area contributed by atoms with Crippen molar-refractivity contribution in [2.75, 3.05) is 0 Å². The van der Waals surface area contributed by atoms with Crippen LogP contribution in [-0.4, -0.2) is 11.7 Å². The molecule has 0 spiro atoms. The highest BCUT2D eigenvalue weighted by Gasteiger charge is 2.07. The van der Waals surface area contributed by atoms with Gasteiger partial charge in [0.2, 0.25) is 0 Å². The maximum absolute atomic E-state index is 11.8. The summed E-state index contributed by atoms with van der Waals surface area (Å²) in [6.45, 7) is 0. The molecule has 3 nitrogen and oxygen atoms in total. The number of benzene rings is 2. The molecule has 84 valence electrons. The van der Waals surface area contributed by atoms with E-state index in [1.165, 1.54) is 0 Å². The van der Waals surface area contributed by atoms with E-state index in [0.29, 0.717) is 11.1 Å². The van der Waals surface area contributed by atoms with Crippen LogP contribution in [0.5, 0.6) is 0 Å². The summed E-state index contributed by atoms with van der Waals surface area (Å²) in [5, 5.41) is 10.3. The number of hydrogen-bond donors (Lipinski definition) is 2. The number of amidine groups is 1. The third-order valence-corrected chi connectivity index (χ3v) is 2.34. The molecule has 0 aromatic heterocycles. The summed E-state index contributed by atoms with van der Waals surface area (Å²) in [5.74, 6) is -0.154. The van der Waals surface area contributed by atoms with Gasteiger partial charge in [-0.25, -0.2) is 0 Å². The van der Waals surface area contributed by atoms with Gasteiger partial charge in [0, 0.05) is 11.1 Å². The lowest BCUT2D eigenvalue weighted by Gasteiger charge is -2.06. The zero-order valence-electron chi connectivity index (χ0n) is 9.18. The summed E-state index contributed by atoms with van der Waals surface area (Å²) in [6, 6.07) is 18.0. The molecular weight excluding hydrogens is 212 g/mol. The van der Waals surface area contributed by atoms with Crippen molar-refractivity contribution in [1.82, 2.24) is 5.32 Å². The van der Waals surface area contributed by atoms with Crippen LogP contribution in [0.25, 0.3) is 0 Å². The minimum absolute atomic E-state index is 0.111. The van der Waals surface area contributed by atoms with E-state index in [1.807, 2.05) is 24.3 Å². The Morgan fingerprint density at radius 2 is 1.29 bits per heavy atom. The van der Waals surface area contributed by atoms with Crippen LogP contribution in [0.1, 0.15) is 15.9 Å². The van der Waals surface area contributed by atoms with Crippen LogP contribution in [0, 0.1) is 5.41 Å². The third-order valence-electron chi connectivity index (χ3n) is 2.34. The molecule has 0 heterocycles. The van der Waals surface area contributed by atoms with Crippen molar-refractivity contribution >= 4 is 11.7 Å². The van der Waals surface area contributed by atoms with Crippen LogP contribution in [0.15, 0.2) is 60.7 Å². The van der Waals surface area contributed by atoms with Gasteiger partial charge in [0.15, 0.2) is 0 Å². The Bertz CT molecular complexity index is 471. The van der Waals surface area contributed by atoms with Crippen molar-refractivity contribution in [2.24, 2.45) is 0 Å². The standard InChI is InChI=1S/C14H12N2O/c15-13(11-7-3-1-4-8-11)16-14(17)12-9-5-2-6-10-12/h1-10H,(H2,15,16,17). The summed E-state index contributed by atoms with van der Waals surface area (Å²) >= 11 is 0. The number of rotatable bonds is 2. The molecular formula is C14H12N2O. The number of amides is 1. The molecule has 0 bridgehead atoms. The highest BCUT2D eigenvalue weighted by Crippen LogP contribution is 2.01. The second-order valence-corrected chi connectivity index (χ2v) is 3.56. The Morgan fingerprint density at radius 1 is 0.824 bits per heavy atom. The van der Waals surface area contributed by atoms with Gasteiger partial charge in [-0.05, 0) is 12.1 Å². The maximum Gasteiger partial charge on any atom is 0.256 e. The molecule has 0 aliphatic rings. The van der Waals surface area contributed by atoms with Crippen LogP contribution in [-0.2, 0) is 0 Å². The van der Waals surface area contributed by atoms with E-state index < -0.39 is 0 Å². The quantitative estimate of drug-likeness (QED) is 0.597. The van der Waals surface area contributed by atoms with Crippen LogP contribution >= 0.6 is 0 Å². The fourth-order valence-corrected chi connectivity index (χ4v) is 1.45. The lowest BCUT2D eigenvalue weighted by Crippen LogP contribution is -2.30. The number of nitrogens with one attached hydrogen (secondary N) is 2. The fourth-order valence-electron chi connectivity index (χ4n) is 1.45. The highest BCUT2D eigenvalue weighted by atomic mass is 16.1. The molecule has 0 saturated carbocycles. The Morgan fingerprint density at radius 3 is 1.82 bits per heavy atom. The summed E-state index contributed by atoms with van der Waals surface area (Å²) in [7, 11) is 0. The summed E-state index contributed by atoms with van der Waals surface area (Å²) < 4.78 is 0. The van der Waals surface area contributed by atoms with Gasteiger partial charge in [-0.2, -0.15) is 0 Å². The van der Waals surface area contributed by atoms with E-state index in [-0.39, 0.29) is 11.7 Å². The number of carbonyl (C=O) groups excluding carboxylic acids is 1. The average molecular weight is 224 g/mol. The smallest absolute Gasteiger partial charge is 0.256 e. The maximum atomic E-state index is 11.8. The van der Waals surface area contributed by atoms with E-state index >= 15 is 0 Å². The lowest BCUT2D eigenvalue weighted by atomic mass is 10.2. The molecule has 0 aliphatic carbocycles. The minimum Gasteiger partial charge on any atom is -0.307 e. The van der Waals surface area contributed by atoms with E-state index in [2.05, 4.69) is 5.32 Å². The topological polar surface area (TPSA) is 53.0 Å². The van der Waals surface area contributed by atoms with E-state index in [1.54, 1.807) is 36.4 Å². The average Bonchev–Trinajstić information content (AvgIpc) is 2.40. The van der Waals surface area contributed by atoms with Gasteiger partial charge in [0.25, 0.3) is 5.91 Å². The molecule has 0 unspecified atom stereocenters. The second-order valence-electron chi connectivity index (χ2n) is 3.56. The molecule has 0 aliphatic heterocycles. The van der Waals surface area contributed by atoms with Crippen LogP contribution in [0.2, 0.25) is 0 Å². The first-order chi connectivity index (χ1) is 8.27. The highest BCUT2D eigenvalue weighted by molar-refractivity contribution is 6.11. The van der Waals surface area contributed by atoms with Gasteiger partial charge in [-0.3, -0.25) is 10.2 Å². The first-order valence-electron chi connectivity index (χ1n) is 5.28. The summed E-state index contributed by atoms with van der Waals surface area (Å²) in [4.78, 5) is 11.8. The molecule has 17 heavy (non-hydrogen) atoms. The van der Waals surface area contributed by atoms with Gasteiger partial charge in [-0.15, -0.1) is 0 Å². The van der Waals surface area contributed by atoms with Crippen molar-refractivity contribution in [3.8, 4) is 0 Å². The number of carbonyl (C=O) groups is 1. The molecule has 2 aromatic rings. The molecule has 1 amide bonds. The third kappa shape index (κ3) is 2.78. The van der Waals surface area contributed by atoms with Gasteiger partial charge in [0.05, 0.1) is 0 Å². The van der Waals surface area contributed by atoms with Gasteiger partial charge in [0.1, 0.15) is 5.84 Å². The van der Waals surface area contributed by atoms with E-state index in [0.717, 1.165) is 0 Å². The molecule has 0 saturated heterocycles. The monoisotopic (exact) mass is 224 g/mol. The predicted octanol–water partition coefficient (Wildman–Crippen LogP) is 2.44. The first kappa shape index (κ1) is 11.1. The van der Waals surface area contributed by atoms with Crippen LogP contribution in [0.3, 0.4) is 0 Å². The Kier molecular flexibility index (Phi) is 3.31. The largest absolute Gasteiger partial charge is 0.307 e. The van der Waals surface area contributed by atoms with Crippen molar-refractivity contribution in [1.29, 1.82) is 5.41 Å². The SMILES string of the molecule is N=C(NC(=O)c1ccccc1)c1ccccc1. The Labute approximate surface area is 99.6 Å². The molecule has 0 fully saturated rings. The lowest BCUT2D eigenvalue weighted by molar-refractivity contribution is 0.0977. The zero-order chi connectivity index (χ0) is 12.1. The van der Waals surface area contributed by atoms with Crippen molar-refractivity contribution in [3.05, 3.63) is 71.8 Å². The minimum atomic E-state index is -0.264. The molecule has 0 atom stereocenters. The predicted molar refractivity (Wildman–Crippen MR) is 67.2 cm³/mol. The number of hydrogen-bond acceptors (Lipinski definition) is 2. The fraction of sp³-hybridized carbons (Fsp3) is 0. The molecule has 3 heteroatoms. The molecule has 2 N–H and O–H groups in total. The van der Waals surface area contributed by atoms with Gasteiger partial charge >= 0.3 is 0 Å². The van der Waals surface area contributed by atoms with Crippen LogP contribution < -0.4 is 5.32 Å². The summed E-state index contributed by atoms with van der Waals surface area (Å²) in [6.07, 6.45) is 0. The van der Waals surface area contributed by atoms with Gasteiger partial charge < -0.3 is 5.32 Å². The van der Waals surface area contributed by atoms with Gasteiger partial charge in [-0.1, -0.05) is 48.5 Å². The summed E-state index contributed by atoms with van der Waals surface area (Å²) in [5.41, 5.74) is 1.24. The Balaban J connectivity index is 2.08. The van der Waals surface area contributed by atoms with Crippen LogP contribution in [0.4, 0.5) is 0 Å². The molecule has 2 aromatic carbocycles. The van der Waals surface area contributed by atoms with E-state index in [4.69, 9.17) is 5.41 Å². The van der Waals surface area contributed by atoms with Crippen molar-refractivity contribution < 1.29 is 4.79 Å². The van der Waals surface area contributed by atoms with E-state index in [9.17, 15) is 4.79 Å². The molecule has 2 rings (SSSR count). The first-order valence-corrected chi connectivity index (χ1v) is 5.28. The molecule has 0 radical (unpaired) electrons. The zero-order valence-corrected chi connectivity index (χ0v) is 9.18. The van der Waals surface area contributed by atoms with Crippen molar-refractivity contribution in [2.45, 2.75) is 0 Å². The normalized spacial score (nSPS) is 9.65. The Hall–Kier alpha value is -2.42. The van der Waals surface area contributed by atoms with Crippen molar-refractivity contribution in [3.63, 3.8) is 0 Å². The second kappa shape index (κ2) is 5.07.